The molecule has 0 aliphatic heterocycles. The molecule has 0 N–H and O–H groups in total. The lowest BCUT2D eigenvalue weighted by atomic mass is 10.1. The van der Waals surface area contributed by atoms with Gasteiger partial charge in [-0.05, 0) is 52.7 Å². The second-order valence-electron chi connectivity index (χ2n) is 5.66. The Labute approximate surface area is 150 Å². The van der Waals surface area contributed by atoms with Crippen LogP contribution < -0.4 is 10.4 Å². The highest BCUT2D eigenvalue weighted by atomic mass is 16.6. The SMILES string of the molecule is CO/N=C\c1ccc(OCc2ccccc2-n2nnn(C)c2=O)c(C)c1. The molecule has 0 saturated carbocycles. The quantitative estimate of drug-likeness (QED) is 0.499. The smallest absolute Gasteiger partial charge is 0.368 e. The van der Waals surface area contributed by atoms with Crippen LogP contribution in [0.25, 0.3) is 5.69 Å². The number of aryl methyl sites for hydroxylation is 2. The average molecular weight is 353 g/mol. The Morgan fingerprint density at radius 3 is 2.69 bits per heavy atom. The maximum Gasteiger partial charge on any atom is 0.368 e. The molecule has 0 aliphatic rings. The van der Waals surface area contributed by atoms with Gasteiger partial charge in [0.15, 0.2) is 0 Å². The predicted molar refractivity (Wildman–Crippen MR) is 96.7 cm³/mol. The molecule has 134 valence electrons. The minimum atomic E-state index is -0.310. The first-order valence-corrected chi connectivity index (χ1v) is 7.97. The van der Waals surface area contributed by atoms with Crippen LogP contribution in [-0.2, 0) is 18.5 Å². The number of para-hydroxylation sites is 1. The molecule has 1 aromatic heterocycles. The molecule has 26 heavy (non-hydrogen) atoms. The van der Waals surface area contributed by atoms with Crippen molar-refractivity contribution in [3.8, 4) is 11.4 Å². The third kappa shape index (κ3) is 3.64. The zero-order chi connectivity index (χ0) is 18.5. The third-order valence-corrected chi connectivity index (χ3v) is 3.83. The minimum absolute atomic E-state index is 0.297. The summed E-state index contributed by atoms with van der Waals surface area (Å²) >= 11 is 0. The maximum absolute atomic E-state index is 12.1. The van der Waals surface area contributed by atoms with Crippen LogP contribution in [0.15, 0.2) is 52.4 Å². The summed E-state index contributed by atoms with van der Waals surface area (Å²) in [6.45, 7) is 2.25. The molecule has 0 spiro atoms. The van der Waals surface area contributed by atoms with Gasteiger partial charge in [-0.1, -0.05) is 23.4 Å². The lowest BCUT2D eigenvalue weighted by Crippen LogP contribution is -2.23. The summed E-state index contributed by atoms with van der Waals surface area (Å²) in [4.78, 5) is 16.8. The van der Waals surface area contributed by atoms with Crippen molar-refractivity contribution in [2.45, 2.75) is 13.5 Å². The number of ether oxygens (including phenoxy) is 1. The highest BCUT2D eigenvalue weighted by molar-refractivity contribution is 5.79. The molecule has 0 unspecified atom stereocenters. The summed E-state index contributed by atoms with van der Waals surface area (Å²) in [6, 6.07) is 13.2. The summed E-state index contributed by atoms with van der Waals surface area (Å²) < 4.78 is 8.39. The molecule has 0 saturated heterocycles. The number of nitrogens with zero attached hydrogens (tertiary/aromatic N) is 5. The Bertz CT molecular complexity index is 990. The van der Waals surface area contributed by atoms with Crippen molar-refractivity contribution in [2.24, 2.45) is 12.2 Å². The first kappa shape index (κ1) is 17.4. The normalized spacial score (nSPS) is 11.0. The largest absolute Gasteiger partial charge is 0.489 e. The summed E-state index contributed by atoms with van der Waals surface area (Å²) in [5.74, 6) is 0.751. The summed E-state index contributed by atoms with van der Waals surface area (Å²) in [6.07, 6.45) is 1.63. The fourth-order valence-corrected chi connectivity index (χ4v) is 2.49. The molecular formula is C18H19N5O3. The number of hydrogen-bond acceptors (Lipinski definition) is 6. The Morgan fingerprint density at radius 2 is 2.00 bits per heavy atom. The number of tetrazole rings is 1. The summed E-state index contributed by atoms with van der Waals surface area (Å²) in [5, 5.41) is 11.4. The van der Waals surface area contributed by atoms with Gasteiger partial charge in [0.05, 0.1) is 11.9 Å². The Morgan fingerprint density at radius 1 is 1.19 bits per heavy atom. The Kier molecular flexibility index (Phi) is 5.12. The number of oxime groups is 1. The minimum Gasteiger partial charge on any atom is -0.489 e. The van der Waals surface area contributed by atoms with E-state index in [1.165, 1.54) is 16.5 Å². The molecule has 0 atom stereocenters. The number of rotatable bonds is 6. The van der Waals surface area contributed by atoms with Crippen LogP contribution in [0.4, 0.5) is 0 Å². The van der Waals surface area contributed by atoms with E-state index in [1.807, 2.05) is 49.4 Å². The fraction of sp³-hybridized carbons (Fsp3) is 0.222. The van der Waals surface area contributed by atoms with Gasteiger partial charge >= 0.3 is 5.69 Å². The zero-order valence-corrected chi connectivity index (χ0v) is 14.8. The van der Waals surface area contributed by atoms with E-state index in [2.05, 4.69) is 20.4 Å². The molecule has 0 radical (unpaired) electrons. The monoisotopic (exact) mass is 353 g/mol. The fourth-order valence-electron chi connectivity index (χ4n) is 2.49. The zero-order valence-electron chi connectivity index (χ0n) is 14.8. The Hall–Kier alpha value is -3.42. The molecule has 0 fully saturated rings. The lowest BCUT2D eigenvalue weighted by Gasteiger charge is -2.12. The van der Waals surface area contributed by atoms with Crippen LogP contribution in [-0.4, -0.2) is 33.1 Å². The van der Waals surface area contributed by atoms with Gasteiger partial charge in [0, 0.05) is 12.6 Å². The van der Waals surface area contributed by atoms with Crippen LogP contribution in [0.1, 0.15) is 16.7 Å². The van der Waals surface area contributed by atoms with Gasteiger partial charge < -0.3 is 9.57 Å². The van der Waals surface area contributed by atoms with Gasteiger partial charge in [-0.25, -0.2) is 4.79 Å². The van der Waals surface area contributed by atoms with E-state index >= 15 is 0 Å². The number of benzene rings is 2. The first-order valence-electron chi connectivity index (χ1n) is 7.97. The summed E-state index contributed by atoms with van der Waals surface area (Å²) in [5.41, 5.74) is 3.06. The van der Waals surface area contributed by atoms with Crippen molar-refractivity contribution < 1.29 is 9.57 Å². The molecule has 8 nitrogen and oxygen atoms in total. The van der Waals surface area contributed by atoms with Crippen molar-refractivity contribution in [3.63, 3.8) is 0 Å². The van der Waals surface area contributed by atoms with Crippen LogP contribution in [0, 0.1) is 6.92 Å². The van der Waals surface area contributed by atoms with Gasteiger partial charge in [0.2, 0.25) is 0 Å². The maximum atomic E-state index is 12.1. The average Bonchev–Trinajstić information content (AvgIpc) is 2.98. The van der Waals surface area contributed by atoms with Crippen molar-refractivity contribution in [2.75, 3.05) is 7.11 Å². The van der Waals surface area contributed by atoms with Gasteiger partial charge in [-0.15, -0.1) is 0 Å². The first-order chi connectivity index (χ1) is 12.6. The van der Waals surface area contributed by atoms with E-state index < -0.39 is 0 Å². The molecule has 1 heterocycles. The number of aromatic nitrogens is 4. The van der Waals surface area contributed by atoms with Crippen molar-refractivity contribution in [3.05, 3.63) is 69.6 Å². The predicted octanol–water partition coefficient (Wildman–Crippen LogP) is 1.83. The van der Waals surface area contributed by atoms with Crippen molar-refractivity contribution in [1.82, 2.24) is 19.8 Å². The standard InChI is InChI=1S/C18H19N5O3/c1-13-10-14(11-19-25-3)8-9-17(13)26-12-15-6-4-5-7-16(15)23-18(24)22(2)20-21-23/h4-11H,12H2,1-3H3/b19-11-. The van der Waals surface area contributed by atoms with E-state index in [0.29, 0.717) is 12.3 Å². The highest BCUT2D eigenvalue weighted by Crippen LogP contribution is 2.21. The van der Waals surface area contributed by atoms with Crippen LogP contribution in [0.5, 0.6) is 5.75 Å². The Balaban J connectivity index is 1.82. The third-order valence-electron chi connectivity index (χ3n) is 3.83. The molecular weight excluding hydrogens is 334 g/mol. The van der Waals surface area contributed by atoms with Gasteiger partial charge in [-0.3, -0.25) is 0 Å². The van der Waals surface area contributed by atoms with Gasteiger partial charge in [-0.2, -0.15) is 9.36 Å². The van der Waals surface area contributed by atoms with Crippen LogP contribution in [0.3, 0.4) is 0 Å². The lowest BCUT2D eigenvalue weighted by molar-refractivity contribution is 0.215. The summed E-state index contributed by atoms with van der Waals surface area (Å²) in [7, 11) is 3.06. The van der Waals surface area contributed by atoms with Crippen molar-refractivity contribution >= 4 is 6.21 Å². The second kappa shape index (κ2) is 7.64. The topological polar surface area (TPSA) is 83.5 Å². The number of hydrogen-bond donors (Lipinski definition) is 0. The van der Waals surface area contributed by atoms with Gasteiger partial charge in [0.1, 0.15) is 19.5 Å². The van der Waals surface area contributed by atoms with E-state index in [4.69, 9.17) is 4.74 Å². The molecule has 3 aromatic rings. The van der Waals surface area contributed by atoms with E-state index in [0.717, 1.165) is 22.4 Å². The molecule has 0 amide bonds. The van der Waals surface area contributed by atoms with E-state index in [-0.39, 0.29) is 5.69 Å². The van der Waals surface area contributed by atoms with E-state index in [1.54, 1.807) is 13.3 Å². The van der Waals surface area contributed by atoms with Crippen LogP contribution in [0.2, 0.25) is 0 Å². The molecule has 3 rings (SSSR count). The second-order valence-corrected chi connectivity index (χ2v) is 5.66. The highest BCUT2D eigenvalue weighted by Gasteiger charge is 2.11. The van der Waals surface area contributed by atoms with Crippen LogP contribution >= 0.6 is 0 Å². The molecule has 0 aliphatic carbocycles. The molecule has 8 heteroatoms. The van der Waals surface area contributed by atoms with Gasteiger partial charge in [0.25, 0.3) is 0 Å². The van der Waals surface area contributed by atoms with E-state index in [9.17, 15) is 4.79 Å². The van der Waals surface area contributed by atoms with Crippen molar-refractivity contribution in [1.29, 1.82) is 0 Å². The molecule has 2 aromatic carbocycles. The molecule has 0 bridgehead atoms.